The zero-order valence-corrected chi connectivity index (χ0v) is 12.1. The van der Waals surface area contributed by atoms with E-state index >= 15 is 0 Å². The molecule has 0 amide bonds. The third kappa shape index (κ3) is 3.08. The SMILES string of the molecule is CCN(Cc1ccccc1)c1nccc(C(=N)N)c1Cl. The highest BCUT2D eigenvalue weighted by atomic mass is 35.5. The molecule has 2 aromatic rings. The van der Waals surface area contributed by atoms with Crippen LogP contribution in [0.3, 0.4) is 0 Å². The maximum atomic E-state index is 7.54. The lowest BCUT2D eigenvalue weighted by molar-refractivity contribution is 0.814. The van der Waals surface area contributed by atoms with Crippen LogP contribution in [0.4, 0.5) is 5.82 Å². The number of anilines is 1. The molecule has 104 valence electrons. The fourth-order valence-electron chi connectivity index (χ4n) is 2.00. The van der Waals surface area contributed by atoms with Crippen molar-refractivity contribution >= 4 is 23.3 Å². The summed E-state index contributed by atoms with van der Waals surface area (Å²) in [6, 6.07) is 11.8. The Kier molecular flexibility index (Phi) is 4.58. The summed E-state index contributed by atoms with van der Waals surface area (Å²) < 4.78 is 0. The van der Waals surface area contributed by atoms with E-state index in [0.29, 0.717) is 22.9 Å². The van der Waals surface area contributed by atoms with E-state index in [0.717, 1.165) is 6.54 Å². The van der Waals surface area contributed by atoms with E-state index in [-0.39, 0.29) is 5.84 Å². The first-order chi connectivity index (χ1) is 9.63. The van der Waals surface area contributed by atoms with Crippen molar-refractivity contribution in [2.45, 2.75) is 13.5 Å². The number of rotatable bonds is 5. The molecule has 0 aliphatic heterocycles. The van der Waals surface area contributed by atoms with Crippen LogP contribution in [0, 0.1) is 5.41 Å². The molecule has 0 atom stereocenters. The number of nitrogens with one attached hydrogen (secondary N) is 1. The zero-order chi connectivity index (χ0) is 14.5. The van der Waals surface area contributed by atoms with Crippen molar-refractivity contribution in [3.05, 3.63) is 58.7 Å². The van der Waals surface area contributed by atoms with Gasteiger partial charge in [-0.25, -0.2) is 4.98 Å². The number of nitrogens with zero attached hydrogens (tertiary/aromatic N) is 2. The van der Waals surface area contributed by atoms with Crippen LogP contribution in [-0.4, -0.2) is 17.4 Å². The van der Waals surface area contributed by atoms with Crippen LogP contribution in [-0.2, 0) is 6.54 Å². The summed E-state index contributed by atoms with van der Waals surface area (Å²) in [4.78, 5) is 6.39. The highest BCUT2D eigenvalue weighted by molar-refractivity contribution is 6.36. The molecule has 0 saturated heterocycles. The average Bonchev–Trinajstić information content (AvgIpc) is 2.46. The molecule has 2 rings (SSSR count). The van der Waals surface area contributed by atoms with Gasteiger partial charge in [0.05, 0.1) is 5.02 Å². The Morgan fingerprint density at radius 2 is 2.00 bits per heavy atom. The summed E-state index contributed by atoms with van der Waals surface area (Å²) in [5, 5.41) is 7.97. The fraction of sp³-hybridized carbons (Fsp3) is 0.200. The molecule has 3 N–H and O–H groups in total. The van der Waals surface area contributed by atoms with Crippen LogP contribution < -0.4 is 10.6 Å². The number of hydrogen-bond acceptors (Lipinski definition) is 3. The van der Waals surface area contributed by atoms with Crippen LogP contribution in [0.2, 0.25) is 5.02 Å². The summed E-state index contributed by atoms with van der Waals surface area (Å²) in [7, 11) is 0. The van der Waals surface area contributed by atoms with Crippen LogP contribution >= 0.6 is 11.6 Å². The molecule has 1 aromatic carbocycles. The molecule has 0 bridgehead atoms. The van der Waals surface area contributed by atoms with Crippen LogP contribution in [0.1, 0.15) is 18.1 Å². The Balaban J connectivity index is 2.33. The fourth-order valence-corrected chi connectivity index (χ4v) is 2.33. The van der Waals surface area contributed by atoms with Gasteiger partial charge in [-0.1, -0.05) is 41.9 Å². The van der Waals surface area contributed by atoms with E-state index in [1.807, 2.05) is 25.1 Å². The molecule has 20 heavy (non-hydrogen) atoms. The highest BCUT2D eigenvalue weighted by Crippen LogP contribution is 2.27. The van der Waals surface area contributed by atoms with Crippen LogP contribution in [0.25, 0.3) is 0 Å². The van der Waals surface area contributed by atoms with E-state index in [4.69, 9.17) is 22.7 Å². The van der Waals surface area contributed by atoms with Gasteiger partial charge in [0.15, 0.2) is 0 Å². The Morgan fingerprint density at radius 3 is 2.60 bits per heavy atom. The minimum Gasteiger partial charge on any atom is -0.384 e. The van der Waals surface area contributed by atoms with E-state index in [2.05, 4.69) is 22.0 Å². The lowest BCUT2D eigenvalue weighted by Crippen LogP contribution is -2.24. The predicted octanol–water partition coefficient (Wildman–Crippen LogP) is 3.05. The molecule has 5 heteroatoms. The molecule has 4 nitrogen and oxygen atoms in total. The van der Waals surface area contributed by atoms with E-state index in [1.54, 1.807) is 12.3 Å². The molecule has 0 aliphatic rings. The summed E-state index contributed by atoms with van der Waals surface area (Å²) in [5.41, 5.74) is 7.23. The van der Waals surface area contributed by atoms with E-state index in [9.17, 15) is 0 Å². The van der Waals surface area contributed by atoms with Gasteiger partial charge in [-0.3, -0.25) is 5.41 Å². The third-order valence-corrected chi connectivity index (χ3v) is 3.43. The van der Waals surface area contributed by atoms with Crippen molar-refractivity contribution < 1.29 is 0 Å². The average molecular weight is 289 g/mol. The maximum Gasteiger partial charge on any atom is 0.148 e. The van der Waals surface area contributed by atoms with Crippen molar-refractivity contribution in [2.24, 2.45) is 5.73 Å². The number of nitrogen functional groups attached to an aromatic ring is 1. The monoisotopic (exact) mass is 288 g/mol. The summed E-state index contributed by atoms with van der Waals surface area (Å²) >= 11 is 6.32. The first kappa shape index (κ1) is 14.3. The van der Waals surface area contributed by atoms with Gasteiger partial charge in [0, 0.05) is 24.8 Å². The Labute approximate surface area is 123 Å². The molecule has 0 spiro atoms. The van der Waals surface area contributed by atoms with Gasteiger partial charge in [0.25, 0.3) is 0 Å². The predicted molar refractivity (Wildman–Crippen MR) is 83.4 cm³/mol. The lowest BCUT2D eigenvalue weighted by atomic mass is 10.2. The van der Waals surface area contributed by atoms with Gasteiger partial charge in [-0.15, -0.1) is 0 Å². The quantitative estimate of drug-likeness (QED) is 0.656. The Morgan fingerprint density at radius 1 is 1.30 bits per heavy atom. The normalized spacial score (nSPS) is 10.3. The number of hydrogen-bond donors (Lipinski definition) is 2. The van der Waals surface area contributed by atoms with Crippen molar-refractivity contribution in [3.63, 3.8) is 0 Å². The van der Waals surface area contributed by atoms with Crippen LogP contribution in [0.15, 0.2) is 42.6 Å². The van der Waals surface area contributed by atoms with Gasteiger partial charge in [-0.05, 0) is 18.6 Å². The summed E-state index contributed by atoms with van der Waals surface area (Å²) in [6.07, 6.45) is 1.63. The second kappa shape index (κ2) is 6.39. The van der Waals surface area contributed by atoms with Crippen molar-refractivity contribution in [3.8, 4) is 0 Å². The minimum atomic E-state index is -0.0468. The van der Waals surface area contributed by atoms with Crippen molar-refractivity contribution in [1.82, 2.24) is 4.98 Å². The Bertz CT molecular complexity index is 598. The minimum absolute atomic E-state index is 0.0468. The van der Waals surface area contributed by atoms with Gasteiger partial charge < -0.3 is 10.6 Å². The third-order valence-electron chi connectivity index (χ3n) is 3.06. The van der Waals surface area contributed by atoms with Gasteiger partial charge in [0.2, 0.25) is 0 Å². The second-order valence-corrected chi connectivity index (χ2v) is 4.79. The second-order valence-electron chi connectivity index (χ2n) is 4.41. The number of amidine groups is 1. The summed E-state index contributed by atoms with van der Waals surface area (Å²) in [6.45, 7) is 3.52. The summed E-state index contributed by atoms with van der Waals surface area (Å²) in [5.74, 6) is 0.611. The lowest BCUT2D eigenvalue weighted by Gasteiger charge is -2.23. The first-order valence-electron chi connectivity index (χ1n) is 6.41. The molecule has 0 radical (unpaired) electrons. The molecule has 0 fully saturated rings. The van der Waals surface area contributed by atoms with Gasteiger partial charge >= 0.3 is 0 Å². The van der Waals surface area contributed by atoms with Gasteiger partial charge in [0.1, 0.15) is 11.7 Å². The number of pyridine rings is 1. The molecule has 0 aliphatic carbocycles. The van der Waals surface area contributed by atoms with Crippen molar-refractivity contribution in [2.75, 3.05) is 11.4 Å². The number of nitrogens with two attached hydrogens (primary N) is 1. The number of benzene rings is 1. The molecule has 0 saturated carbocycles. The van der Waals surface area contributed by atoms with Crippen LogP contribution in [0.5, 0.6) is 0 Å². The molecule has 1 aromatic heterocycles. The first-order valence-corrected chi connectivity index (χ1v) is 6.79. The molecule has 1 heterocycles. The Hall–Kier alpha value is -2.07. The van der Waals surface area contributed by atoms with Gasteiger partial charge in [-0.2, -0.15) is 0 Å². The van der Waals surface area contributed by atoms with Crippen molar-refractivity contribution in [1.29, 1.82) is 5.41 Å². The molecular weight excluding hydrogens is 272 g/mol. The smallest absolute Gasteiger partial charge is 0.148 e. The maximum absolute atomic E-state index is 7.54. The highest BCUT2D eigenvalue weighted by Gasteiger charge is 2.15. The number of aromatic nitrogens is 1. The van der Waals surface area contributed by atoms with E-state index < -0.39 is 0 Å². The standard InChI is InChI=1S/C15H17ClN4/c1-2-20(10-11-6-4-3-5-7-11)15-13(16)12(14(17)18)8-9-19-15/h3-9H,2,10H2,1H3,(H3,17,18). The molecule has 0 unspecified atom stereocenters. The largest absolute Gasteiger partial charge is 0.384 e. The number of halogens is 1. The topological polar surface area (TPSA) is 66.0 Å². The molecular formula is C15H17ClN4. The zero-order valence-electron chi connectivity index (χ0n) is 11.3. The van der Waals surface area contributed by atoms with E-state index in [1.165, 1.54) is 5.56 Å².